The highest BCUT2D eigenvalue weighted by atomic mass is 35.5. The van der Waals surface area contributed by atoms with E-state index in [9.17, 15) is 22.7 Å². The highest BCUT2D eigenvalue weighted by Crippen LogP contribution is 2.39. The van der Waals surface area contributed by atoms with Crippen molar-refractivity contribution in [1.82, 2.24) is 0 Å². The van der Waals surface area contributed by atoms with Crippen molar-refractivity contribution in [2.24, 2.45) is 0 Å². The first-order valence-corrected chi connectivity index (χ1v) is 6.28. The molecule has 7 heteroatoms. The fourth-order valence-electron chi connectivity index (χ4n) is 1.64. The van der Waals surface area contributed by atoms with E-state index in [4.69, 9.17) is 11.6 Å². The summed E-state index contributed by atoms with van der Waals surface area (Å²) in [6.45, 7) is 0. The number of hydrogen-bond donors (Lipinski definition) is 1. The molecule has 0 aliphatic carbocycles. The quantitative estimate of drug-likeness (QED) is 0.801. The van der Waals surface area contributed by atoms with Crippen LogP contribution in [0.3, 0.4) is 0 Å². The molecule has 0 spiro atoms. The number of alkyl halides is 3. The molecule has 102 valence electrons. The van der Waals surface area contributed by atoms with Crippen LogP contribution in [0.5, 0.6) is 0 Å². The maximum atomic E-state index is 12.9. The number of thiophene rings is 1. The third-order valence-corrected chi connectivity index (χ3v) is 3.76. The predicted molar refractivity (Wildman–Crippen MR) is 64.8 cm³/mol. The number of aliphatic hydroxyl groups excluding tert-OH is 1. The molecule has 0 aliphatic heterocycles. The van der Waals surface area contributed by atoms with Gasteiger partial charge < -0.3 is 5.11 Å². The van der Waals surface area contributed by atoms with Crippen LogP contribution in [-0.2, 0) is 6.18 Å². The minimum absolute atomic E-state index is 0.266. The summed E-state index contributed by atoms with van der Waals surface area (Å²) >= 11 is 6.64. The van der Waals surface area contributed by atoms with Gasteiger partial charge in [-0.1, -0.05) is 17.7 Å². The Morgan fingerprint density at radius 2 is 1.84 bits per heavy atom. The number of aliphatic hydroxyl groups is 1. The molecule has 1 N–H and O–H groups in total. The molecule has 2 aromatic rings. The monoisotopic (exact) mass is 310 g/mol. The number of benzene rings is 1. The summed E-state index contributed by atoms with van der Waals surface area (Å²) < 4.78 is 51.7. The zero-order valence-corrected chi connectivity index (χ0v) is 10.8. The van der Waals surface area contributed by atoms with E-state index < -0.39 is 29.2 Å². The molecular formula is C12H7ClF4OS. The van der Waals surface area contributed by atoms with Crippen molar-refractivity contribution in [3.8, 4) is 0 Å². The van der Waals surface area contributed by atoms with Crippen LogP contribution in [0.1, 0.15) is 22.1 Å². The van der Waals surface area contributed by atoms with Crippen molar-refractivity contribution in [2.45, 2.75) is 12.3 Å². The Kier molecular flexibility index (Phi) is 3.85. The molecular weight excluding hydrogens is 304 g/mol. The molecule has 0 fully saturated rings. The summed E-state index contributed by atoms with van der Waals surface area (Å²) in [6, 6.07) is 5.08. The average molecular weight is 311 g/mol. The van der Waals surface area contributed by atoms with Crippen molar-refractivity contribution in [3.63, 3.8) is 0 Å². The molecule has 0 aliphatic rings. The van der Waals surface area contributed by atoms with Crippen LogP contribution in [0, 0.1) is 5.82 Å². The van der Waals surface area contributed by atoms with Crippen molar-refractivity contribution in [3.05, 3.63) is 56.5 Å². The minimum Gasteiger partial charge on any atom is -0.383 e. The van der Waals surface area contributed by atoms with E-state index in [2.05, 4.69) is 0 Å². The highest BCUT2D eigenvalue weighted by Gasteiger charge is 2.36. The number of hydrogen-bond acceptors (Lipinski definition) is 2. The van der Waals surface area contributed by atoms with E-state index in [0.29, 0.717) is 10.4 Å². The van der Waals surface area contributed by atoms with E-state index in [1.807, 2.05) is 0 Å². The molecule has 1 nitrogen and oxygen atoms in total. The van der Waals surface area contributed by atoms with Crippen LogP contribution in [0.2, 0.25) is 4.34 Å². The lowest BCUT2D eigenvalue weighted by molar-refractivity contribution is -0.139. The first-order chi connectivity index (χ1) is 8.79. The summed E-state index contributed by atoms with van der Waals surface area (Å²) in [7, 11) is 0. The van der Waals surface area contributed by atoms with Gasteiger partial charge in [-0.2, -0.15) is 13.2 Å². The molecule has 1 heterocycles. The molecule has 1 atom stereocenters. The van der Waals surface area contributed by atoms with E-state index in [1.165, 1.54) is 12.1 Å². The Balaban J connectivity index is 2.50. The molecule has 2 rings (SSSR count). The Morgan fingerprint density at radius 3 is 2.37 bits per heavy atom. The molecule has 1 aromatic heterocycles. The second-order valence-electron chi connectivity index (χ2n) is 3.77. The fraction of sp³-hybridized carbons (Fsp3) is 0.167. The molecule has 0 amide bonds. The largest absolute Gasteiger partial charge is 0.416 e. The van der Waals surface area contributed by atoms with Gasteiger partial charge in [-0.15, -0.1) is 11.3 Å². The average Bonchev–Trinajstić information content (AvgIpc) is 2.74. The summed E-state index contributed by atoms with van der Waals surface area (Å²) in [5.41, 5.74) is -1.59. The van der Waals surface area contributed by atoms with Crippen LogP contribution >= 0.6 is 22.9 Å². The summed E-state index contributed by atoms with van der Waals surface area (Å²) in [5.74, 6) is -1.01. The van der Waals surface area contributed by atoms with Gasteiger partial charge >= 0.3 is 6.18 Å². The Morgan fingerprint density at radius 1 is 1.16 bits per heavy atom. The lowest BCUT2D eigenvalue weighted by Crippen LogP contribution is -2.12. The van der Waals surface area contributed by atoms with Crippen molar-refractivity contribution in [1.29, 1.82) is 0 Å². The fourth-order valence-corrected chi connectivity index (χ4v) is 2.71. The van der Waals surface area contributed by atoms with Gasteiger partial charge in [0.15, 0.2) is 0 Å². The van der Waals surface area contributed by atoms with E-state index >= 15 is 0 Å². The Bertz CT molecular complexity index is 594. The van der Waals surface area contributed by atoms with Crippen molar-refractivity contribution >= 4 is 22.9 Å². The summed E-state index contributed by atoms with van der Waals surface area (Å²) in [4.78, 5) is 0.266. The van der Waals surface area contributed by atoms with Gasteiger partial charge in [0.1, 0.15) is 11.9 Å². The van der Waals surface area contributed by atoms with Crippen LogP contribution in [0.15, 0.2) is 30.3 Å². The summed E-state index contributed by atoms with van der Waals surface area (Å²) in [5, 5.41) is 9.97. The predicted octanol–water partition coefficient (Wildman–Crippen LogP) is 4.64. The Labute approximate surface area is 115 Å². The molecule has 1 aromatic carbocycles. The second kappa shape index (κ2) is 5.11. The topological polar surface area (TPSA) is 20.2 Å². The maximum Gasteiger partial charge on any atom is 0.416 e. The van der Waals surface area contributed by atoms with Gasteiger partial charge in [0.2, 0.25) is 0 Å². The molecule has 0 bridgehead atoms. The number of rotatable bonds is 2. The molecule has 0 radical (unpaired) electrons. The van der Waals surface area contributed by atoms with Crippen LogP contribution in [0.25, 0.3) is 0 Å². The zero-order valence-electron chi connectivity index (χ0n) is 9.21. The minimum atomic E-state index is -4.74. The molecule has 0 saturated carbocycles. The second-order valence-corrected chi connectivity index (χ2v) is 5.52. The normalized spacial score (nSPS) is 13.6. The van der Waals surface area contributed by atoms with Crippen LogP contribution in [-0.4, -0.2) is 5.11 Å². The van der Waals surface area contributed by atoms with Gasteiger partial charge in [0.25, 0.3) is 0 Å². The van der Waals surface area contributed by atoms with Gasteiger partial charge in [0, 0.05) is 4.88 Å². The first kappa shape index (κ1) is 14.3. The number of halogens is 5. The Hall–Kier alpha value is -1.11. The standard InChI is InChI=1S/C12H7ClF4OS/c13-10-4-3-9(19-10)11(18)7-2-1-6(14)5-8(7)12(15,16)17/h1-5,11,18H. The van der Waals surface area contributed by atoms with Gasteiger partial charge in [-0.05, 0) is 29.8 Å². The SMILES string of the molecule is OC(c1ccc(Cl)s1)c1ccc(F)cc1C(F)(F)F. The maximum absolute atomic E-state index is 12.9. The lowest BCUT2D eigenvalue weighted by Gasteiger charge is -2.16. The van der Waals surface area contributed by atoms with Gasteiger partial charge in [-0.25, -0.2) is 4.39 Å². The van der Waals surface area contributed by atoms with Crippen LogP contribution < -0.4 is 0 Å². The zero-order chi connectivity index (χ0) is 14.2. The van der Waals surface area contributed by atoms with Crippen molar-refractivity contribution < 1.29 is 22.7 Å². The van der Waals surface area contributed by atoms with E-state index in [0.717, 1.165) is 23.5 Å². The van der Waals surface area contributed by atoms with E-state index in [1.54, 1.807) is 0 Å². The van der Waals surface area contributed by atoms with Crippen molar-refractivity contribution in [2.75, 3.05) is 0 Å². The van der Waals surface area contributed by atoms with Gasteiger partial charge in [-0.3, -0.25) is 0 Å². The van der Waals surface area contributed by atoms with Gasteiger partial charge in [0.05, 0.1) is 9.90 Å². The molecule has 0 saturated heterocycles. The van der Waals surface area contributed by atoms with E-state index in [-0.39, 0.29) is 4.88 Å². The molecule has 19 heavy (non-hydrogen) atoms. The smallest absolute Gasteiger partial charge is 0.383 e. The molecule has 1 unspecified atom stereocenters. The highest BCUT2D eigenvalue weighted by molar-refractivity contribution is 7.16. The third-order valence-electron chi connectivity index (χ3n) is 2.48. The first-order valence-electron chi connectivity index (χ1n) is 5.09. The lowest BCUT2D eigenvalue weighted by atomic mass is 10.0. The third kappa shape index (κ3) is 3.08. The van der Waals surface area contributed by atoms with Crippen LogP contribution in [0.4, 0.5) is 17.6 Å². The summed E-state index contributed by atoms with van der Waals surface area (Å²) in [6.07, 6.45) is -6.23.